The SMILES string of the molecule is CC(C)N(CCNC(=O)c1ccc(S(=O)(=O)N[C@H]2CCS(=O)(=O)C2)cc1)C(C)C. The lowest BCUT2D eigenvalue weighted by atomic mass is 10.2. The molecule has 2 N–H and O–H groups in total. The van der Waals surface area contributed by atoms with E-state index in [4.69, 9.17) is 0 Å². The molecule has 164 valence electrons. The second-order valence-electron chi connectivity index (χ2n) is 7.93. The largest absolute Gasteiger partial charge is 0.351 e. The van der Waals surface area contributed by atoms with Gasteiger partial charge < -0.3 is 5.32 Å². The second-order valence-corrected chi connectivity index (χ2v) is 11.9. The van der Waals surface area contributed by atoms with E-state index < -0.39 is 25.9 Å². The normalized spacial score (nSPS) is 19.2. The fourth-order valence-electron chi connectivity index (χ4n) is 3.47. The highest BCUT2D eigenvalue weighted by Gasteiger charge is 2.31. The average molecular weight is 446 g/mol. The monoisotopic (exact) mass is 445 g/mol. The average Bonchev–Trinajstić information content (AvgIpc) is 2.95. The van der Waals surface area contributed by atoms with Gasteiger partial charge in [0.05, 0.1) is 16.4 Å². The van der Waals surface area contributed by atoms with Crippen LogP contribution in [0.3, 0.4) is 0 Å². The molecule has 10 heteroatoms. The minimum absolute atomic E-state index is 0.00383. The van der Waals surface area contributed by atoms with Gasteiger partial charge in [-0.25, -0.2) is 21.6 Å². The van der Waals surface area contributed by atoms with Crippen LogP contribution in [0, 0.1) is 0 Å². The van der Waals surface area contributed by atoms with Crippen molar-refractivity contribution in [1.29, 1.82) is 0 Å². The summed E-state index contributed by atoms with van der Waals surface area (Å²) in [5.74, 6) is -0.461. The molecular formula is C19H31N3O5S2. The van der Waals surface area contributed by atoms with Crippen molar-refractivity contribution in [3.05, 3.63) is 29.8 Å². The number of hydrogen-bond donors (Lipinski definition) is 2. The van der Waals surface area contributed by atoms with E-state index >= 15 is 0 Å². The van der Waals surface area contributed by atoms with Gasteiger partial charge in [-0.3, -0.25) is 9.69 Å². The highest BCUT2D eigenvalue weighted by molar-refractivity contribution is 7.92. The molecule has 1 amide bonds. The number of benzene rings is 1. The minimum atomic E-state index is -3.84. The number of nitrogens with zero attached hydrogens (tertiary/aromatic N) is 1. The van der Waals surface area contributed by atoms with E-state index in [9.17, 15) is 21.6 Å². The van der Waals surface area contributed by atoms with Crippen molar-refractivity contribution < 1.29 is 21.6 Å². The van der Waals surface area contributed by atoms with Gasteiger partial charge in [-0.1, -0.05) is 0 Å². The maximum atomic E-state index is 12.4. The molecule has 0 saturated carbocycles. The molecule has 1 saturated heterocycles. The first kappa shape index (κ1) is 23.8. The molecule has 0 aromatic heterocycles. The van der Waals surface area contributed by atoms with Gasteiger partial charge >= 0.3 is 0 Å². The predicted octanol–water partition coefficient (Wildman–Crippen LogP) is 1.00. The molecule has 1 heterocycles. The number of nitrogens with one attached hydrogen (secondary N) is 2. The molecule has 1 aliphatic rings. The van der Waals surface area contributed by atoms with E-state index in [0.29, 0.717) is 24.2 Å². The molecule has 0 bridgehead atoms. The highest BCUT2D eigenvalue weighted by atomic mass is 32.2. The molecule has 29 heavy (non-hydrogen) atoms. The highest BCUT2D eigenvalue weighted by Crippen LogP contribution is 2.16. The van der Waals surface area contributed by atoms with Crippen molar-refractivity contribution in [2.24, 2.45) is 0 Å². The maximum Gasteiger partial charge on any atom is 0.251 e. The summed E-state index contributed by atoms with van der Waals surface area (Å²) in [5.41, 5.74) is 0.369. The van der Waals surface area contributed by atoms with Gasteiger partial charge in [0.2, 0.25) is 10.0 Å². The van der Waals surface area contributed by atoms with Crippen molar-refractivity contribution in [2.75, 3.05) is 24.6 Å². The maximum absolute atomic E-state index is 12.4. The van der Waals surface area contributed by atoms with Crippen LogP contribution in [0.2, 0.25) is 0 Å². The fourth-order valence-corrected chi connectivity index (χ4v) is 6.52. The van der Waals surface area contributed by atoms with E-state index in [0.717, 1.165) is 6.54 Å². The van der Waals surface area contributed by atoms with Crippen molar-refractivity contribution in [3.63, 3.8) is 0 Å². The Morgan fingerprint density at radius 3 is 2.21 bits per heavy atom. The molecule has 8 nitrogen and oxygen atoms in total. The van der Waals surface area contributed by atoms with Gasteiger partial charge in [0.15, 0.2) is 9.84 Å². The molecule has 0 aliphatic carbocycles. The van der Waals surface area contributed by atoms with Gasteiger partial charge in [-0.15, -0.1) is 0 Å². The molecule has 1 aromatic rings. The van der Waals surface area contributed by atoms with Gasteiger partial charge in [0.25, 0.3) is 5.91 Å². The molecule has 0 spiro atoms. The Morgan fingerprint density at radius 1 is 1.14 bits per heavy atom. The predicted molar refractivity (Wildman–Crippen MR) is 113 cm³/mol. The quantitative estimate of drug-likeness (QED) is 0.586. The lowest BCUT2D eigenvalue weighted by Crippen LogP contribution is -2.42. The summed E-state index contributed by atoms with van der Waals surface area (Å²) in [5, 5.41) is 2.85. The molecule has 1 aliphatic heterocycles. The molecule has 0 unspecified atom stereocenters. The van der Waals surface area contributed by atoms with E-state index in [1.54, 1.807) is 0 Å². The van der Waals surface area contributed by atoms with Gasteiger partial charge in [0.1, 0.15) is 0 Å². The van der Waals surface area contributed by atoms with E-state index in [2.05, 4.69) is 42.6 Å². The fraction of sp³-hybridized carbons (Fsp3) is 0.632. The Bertz CT molecular complexity index is 902. The van der Waals surface area contributed by atoms with Crippen molar-refractivity contribution in [1.82, 2.24) is 14.9 Å². The van der Waals surface area contributed by atoms with Crippen LogP contribution in [-0.2, 0) is 19.9 Å². The van der Waals surface area contributed by atoms with E-state index in [1.165, 1.54) is 24.3 Å². The van der Waals surface area contributed by atoms with Crippen LogP contribution in [0.5, 0.6) is 0 Å². The van der Waals surface area contributed by atoms with E-state index in [-0.39, 0.29) is 28.7 Å². The topological polar surface area (TPSA) is 113 Å². The molecule has 0 radical (unpaired) electrons. The van der Waals surface area contributed by atoms with Crippen LogP contribution in [0.15, 0.2) is 29.2 Å². The number of hydrogen-bond acceptors (Lipinski definition) is 6. The molecule has 2 rings (SSSR count). The first-order chi connectivity index (χ1) is 13.4. The summed E-state index contributed by atoms with van der Waals surface area (Å²) >= 11 is 0. The van der Waals surface area contributed by atoms with Crippen LogP contribution >= 0.6 is 0 Å². The summed E-state index contributed by atoms with van der Waals surface area (Å²) in [4.78, 5) is 14.6. The number of carbonyl (C=O) groups is 1. The first-order valence-corrected chi connectivity index (χ1v) is 13.1. The molecular weight excluding hydrogens is 414 g/mol. The third kappa shape index (κ3) is 6.77. The summed E-state index contributed by atoms with van der Waals surface area (Å²) in [6.07, 6.45) is 0.270. The molecule has 1 aromatic carbocycles. The summed E-state index contributed by atoms with van der Waals surface area (Å²) in [6.45, 7) is 9.65. The number of sulfone groups is 1. The minimum Gasteiger partial charge on any atom is -0.351 e. The number of sulfonamides is 1. The number of carbonyl (C=O) groups excluding carboxylic acids is 1. The third-order valence-electron chi connectivity index (χ3n) is 4.96. The summed E-state index contributed by atoms with van der Waals surface area (Å²) < 4.78 is 50.3. The zero-order chi connectivity index (χ0) is 21.8. The zero-order valence-corrected chi connectivity index (χ0v) is 19.0. The van der Waals surface area contributed by atoms with Crippen LogP contribution < -0.4 is 10.0 Å². The lowest BCUT2D eigenvalue weighted by Gasteiger charge is -2.30. The van der Waals surface area contributed by atoms with Crippen molar-refractivity contribution in [2.45, 2.75) is 57.1 Å². The third-order valence-corrected chi connectivity index (χ3v) is 8.27. The Morgan fingerprint density at radius 2 is 1.72 bits per heavy atom. The van der Waals surface area contributed by atoms with Crippen molar-refractivity contribution in [3.8, 4) is 0 Å². The van der Waals surface area contributed by atoms with E-state index in [1.807, 2.05) is 0 Å². The number of amides is 1. The lowest BCUT2D eigenvalue weighted by molar-refractivity contribution is 0.0939. The van der Waals surface area contributed by atoms with Crippen molar-refractivity contribution >= 4 is 25.8 Å². The van der Waals surface area contributed by atoms with Crippen LogP contribution in [0.4, 0.5) is 0 Å². The Labute approximate surface area is 174 Å². The summed E-state index contributed by atoms with van der Waals surface area (Å²) in [6, 6.07) is 5.76. The van der Waals surface area contributed by atoms with Gasteiger partial charge in [-0.2, -0.15) is 0 Å². The molecule has 1 atom stereocenters. The Balaban J connectivity index is 1.94. The molecule has 1 fully saturated rings. The van der Waals surface area contributed by atoms with Crippen LogP contribution in [0.1, 0.15) is 44.5 Å². The van der Waals surface area contributed by atoms with Crippen LogP contribution in [-0.4, -0.2) is 70.4 Å². The smallest absolute Gasteiger partial charge is 0.251 e. The van der Waals surface area contributed by atoms with Crippen LogP contribution in [0.25, 0.3) is 0 Å². The standard InChI is InChI=1S/C19H31N3O5S2/c1-14(2)22(15(3)4)11-10-20-19(23)16-5-7-18(8-6-16)29(26,27)21-17-9-12-28(24,25)13-17/h5-8,14-15,17,21H,9-13H2,1-4H3,(H,20,23)/t17-/m0/s1. The first-order valence-electron chi connectivity index (χ1n) is 9.78. The zero-order valence-electron chi connectivity index (χ0n) is 17.4. The Hall–Kier alpha value is -1.49. The van der Waals surface area contributed by atoms with Gasteiger partial charge in [-0.05, 0) is 58.4 Å². The summed E-state index contributed by atoms with van der Waals surface area (Å²) in [7, 11) is -7.01. The second kappa shape index (κ2) is 9.55. The Kier molecular flexibility index (Phi) is 7.83. The van der Waals surface area contributed by atoms with Gasteiger partial charge in [0, 0.05) is 36.8 Å². The number of rotatable bonds is 9.